The van der Waals surface area contributed by atoms with Crippen LogP contribution in [0.15, 0.2) is 30.6 Å². The van der Waals surface area contributed by atoms with Crippen LogP contribution >= 0.6 is 0 Å². The summed E-state index contributed by atoms with van der Waals surface area (Å²) in [4.78, 5) is 19.4. The van der Waals surface area contributed by atoms with Crippen molar-refractivity contribution in [3.63, 3.8) is 0 Å². The summed E-state index contributed by atoms with van der Waals surface area (Å²) in [5.41, 5.74) is 0.952. The highest BCUT2D eigenvalue weighted by Crippen LogP contribution is 2.33. The van der Waals surface area contributed by atoms with E-state index in [-0.39, 0.29) is 18.6 Å². The number of carbonyl (C=O) groups excluding carboxylic acids is 1. The molecule has 7 heteroatoms. The van der Waals surface area contributed by atoms with Crippen molar-refractivity contribution in [1.29, 1.82) is 0 Å². The molecule has 0 N–H and O–H groups in total. The molecule has 0 aliphatic carbocycles. The SMILES string of the molecule is COCCn1ccnc1C1CCCN(C(=O)Cc2ccc3c(c2)OCO3)C1. The zero-order valence-electron chi connectivity index (χ0n) is 15.6. The molecule has 1 saturated heterocycles. The fourth-order valence-corrected chi connectivity index (χ4v) is 3.81. The lowest BCUT2D eigenvalue weighted by Gasteiger charge is -2.33. The lowest BCUT2D eigenvalue weighted by molar-refractivity contribution is -0.131. The number of likely N-dealkylation sites (tertiary alicyclic amines) is 1. The highest BCUT2D eigenvalue weighted by atomic mass is 16.7. The highest BCUT2D eigenvalue weighted by molar-refractivity contribution is 5.79. The van der Waals surface area contributed by atoms with Crippen molar-refractivity contribution in [1.82, 2.24) is 14.5 Å². The van der Waals surface area contributed by atoms with Crippen LogP contribution in [0.3, 0.4) is 0 Å². The number of benzene rings is 1. The second-order valence-corrected chi connectivity index (χ2v) is 7.01. The number of piperidine rings is 1. The number of fused-ring (bicyclic) bond motifs is 1. The van der Waals surface area contributed by atoms with Gasteiger partial charge >= 0.3 is 0 Å². The fourth-order valence-electron chi connectivity index (χ4n) is 3.81. The Morgan fingerprint density at radius 1 is 1.33 bits per heavy atom. The molecule has 0 bridgehead atoms. The zero-order chi connectivity index (χ0) is 18.6. The molecule has 1 atom stereocenters. The molecule has 144 valence electrons. The molecular weight excluding hydrogens is 346 g/mol. The first-order chi connectivity index (χ1) is 13.2. The molecule has 1 fully saturated rings. The predicted octanol–water partition coefficient (Wildman–Crippen LogP) is 2.21. The number of hydrogen-bond donors (Lipinski definition) is 0. The van der Waals surface area contributed by atoms with Gasteiger partial charge in [-0.25, -0.2) is 4.98 Å². The molecule has 0 spiro atoms. The number of hydrogen-bond acceptors (Lipinski definition) is 5. The van der Waals surface area contributed by atoms with Crippen LogP contribution in [0.5, 0.6) is 11.5 Å². The Kier molecular flexibility index (Phi) is 5.29. The second-order valence-electron chi connectivity index (χ2n) is 7.01. The third-order valence-corrected chi connectivity index (χ3v) is 5.22. The summed E-state index contributed by atoms with van der Waals surface area (Å²) < 4.78 is 18.1. The summed E-state index contributed by atoms with van der Waals surface area (Å²) in [6.07, 6.45) is 6.24. The Labute approximate surface area is 158 Å². The van der Waals surface area contributed by atoms with E-state index in [4.69, 9.17) is 14.2 Å². The molecule has 1 unspecified atom stereocenters. The van der Waals surface area contributed by atoms with E-state index in [0.717, 1.165) is 48.8 Å². The first kappa shape index (κ1) is 17.9. The molecule has 2 aliphatic heterocycles. The van der Waals surface area contributed by atoms with Gasteiger partial charge < -0.3 is 23.7 Å². The molecule has 1 aromatic heterocycles. The maximum atomic E-state index is 12.8. The molecule has 3 heterocycles. The van der Waals surface area contributed by atoms with Gasteiger partial charge in [-0.1, -0.05) is 6.07 Å². The number of methoxy groups -OCH3 is 1. The van der Waals surface area contributed by atoms with E-state index in [9.17, 15) is 4.79 Å². The molecule has 1 aromatic carbocycles. The van der Waals surface area contributed by atoms with E-state index in [1.54, 1.807) is 7.11 Å². The van der Waals surface area contributed by atoms with Crippen LogP contribution in [-0.2, 0) is 22.5 Å². The number of rotatable bonds is 6. The third-order valence-electron chi connectivity index (χ3n) is 5.22. The van der Waals surface area contributed by atoms with E-state index in [1.807, 2.05) is 35.5 Å². The van der Waals surface area contributed by atoms with Crippen molar-refractivity contribution < 1.29 is 19.0 Å². The third kappa shape index (κ3) is 3.93. The Bertz CT molecular complexity index is 804. The number of nitrogens with zero attached hydrogens (tertiary/aromatic N) is 3. The quantitative estimate of drug-likeness (QED) is 0.779. The molecule has 7 nitrogen and oxygen atoms in total. The van der Waals surface area contributed by atoms with Gasteiger partial charge in [0, 0.05) is 45.1 Å². The maximum absolute atomic E-state index is 12.8. The van der Waals surface area contributed by atoms with Gasteiger partial charge in [0.25, 0.3) is 0 Å². The Morgan fingerprint density at radius 2 is 2.22 bits per heavy atom. The van der Waals surface area contributed by atoms with Crippen molar-refractivity contribution in [3.8, 4) is 11.5 Å². The molecule has 4 rings (SSSR count). The van der Waals surface area contributed by atoms with Crippen LogP contribution in [0.25, 0.3) is 0 Å². The Balaban J connectivity index is 1.40. The lowest BCUT2D eigenvalue weighted by atomic mass is 9.96. The van der Waals surface area contributed by atoms with Gasteiger partial charge in [0.15, 0.2) is 11.5 Å². The monoisotopic (exact) mass is 371 g/mol. The Morgan fingerprint density at radius 3 is 3.11 bits per heavy atom. The normalized spacial score (nSPS) is 18.7. The molecular formula is C20H25N3O4. The zero-order valence-corrected chi connectivity index (χ0v) is 15.6. The predicted molar refractivity (Wildman–Crippen MR) is 98.9 cm³/mol. The molecule has 1 amide bonds. The van der Waals surface area contributed by atoms with Crippen molar-refractivity contribution >= 4 is 5.91 Å². The van der Waals surface area contributed by atoms with E-state index in [2.05, 4.69) is 9.55 Å². The summed E-state index contributed by atoms with van der Waals surface area (Å²) in [7, 11) is 1.70. The van der Waals surface area contributed by atoms with Crippen molar-refractivity contribution in [3.05, 3.63) is 42.0 Å². The highest BCUT2D eigenvalue weighted by Gasteiger charge is 2.27. The second kappa shape index (κ2) is 8.00. The summed E-state index contributed by atoms with van der Waals surface area (Å²) >= 11 is 0. The number of aromatic nitrogens is 2. The molecule has 27 heavy (non-hydrogen) atoms. The maximum Gasteiger partial charge on any atom is 0.231 e. The average molecular weight is 371 g/mol. The van der Waals surface area contributed by atoms with Crippen LogP contribution in [0.4, 0.5) is 0 Å². The van der Waals surface area contributed by atoms with Crippen LogP contribution in [0.1, 0.15) is 30.1 Å². The van der Waals surface area contributed by atoms with Gasteiger partial charge in [-0.2, -0.15) is 0 Å². The van der Waals surface area contributed by atoms with Gasteiger partial charge in [0.05, 0.1) is 13.0 Å². The summed E-state index contributed by atoms with van der Waals surface area (Å²) in [6, 6.07) is 5.71. The minimum Gasteiger partial charge on any atom is -0.454 e. The number of amides is 1. The van der Waals surface area contributed by atoms with Crippen LogP contribution in [0.2, 0.25) is 0 Å². The summed E-state index contributed by atoms with van der Waals surface area (Å²) in [6.45, 7) is 3.21. The minimum atomic E-state index is 0.147. The summed E-state index contributed by atoms with van der Waals surface area (Å²) in [5.74, 6) is 2.93. The Hall–Kier alpha value is -2.54. The van der Waals surface area contributed by atoms with Gasteiger partial charge in [0.1, 0.15) is 5.82 Å². The average Bonchev–Trinajstić information content (AvgIpc) is 3.35. The smallest absolute Gasteiger partial charge is 0.231 e. The standard InChI is InChI=1S/C20H25N3O4/c1-25-10-9-22-8-6-21-20(22)16-3-2-7-23(13-16)19(24)12-15-4-5-17-18(11-15)27-14-26-17/h4-6,8,11,16H,2-3,7,9-10,12-14H2,1H3. The van der Waals surface area contributed by atoms with Gasteiger partial charge in [-0.3, -0.25) is 4.79 Å². The van der Waals surface area contributed by atoms with Crippen LogP contribution in [0, 0.1) is 0 Å². The van der Waals surface area contributed by atoms with Gasteiger partial charge in [0.2, 0.25) is 12.7 Å². The first-order valence-corrected chi connectivity index (χ1v) is 9.41. The van der Waals surface area contributed by atoms with E-state index < -0.39 is 0 Å². The molecule has 0 saturated carbocycles. The van der Waals surface area contributed by atoms with E-state index in [1.165, 1.54) is 0 Å². The van der Waals surface area contributed by atoms with Crippen LogP contribution in [-0.4, -0.2) is 54.0 Å². The van der Waals surface area contributed by atoms with E-state index >= 15 is 0 Å². The number of imidazole rings is 1. The molecule has 0 radical (unpaired) electrons. The number of carbonyl (C=O) groups is 1. The van der Waals surface area contributed by atoms with Crippen LogP contribution < -0.4 is 9.47 Å². The van der Waals surface area contributed by atoms with Gasteiger partial charge in [-0.15, -0.1) is 0 Å². The number of ether oxygens (including phenoxy) is 3. The van der Waals surface area contributed by atoms with Crippen molar-refractivity contribution in [2.75, 3.05) is 33.6 Å². The van der Waals surface area contributed by atoms with E-state index in [0.29, 0.717) is 19.6 Å². The largest absolute Gasteiger partial charge is 0.454 e. The minimum absolute atomic E-state index is 0.147. The molecule has 2 aliphatic rings. The topological polar surface area (TPSA) is 65.8 Å². The van der Waals surface area contributed by atoms with Crippen molar-refractivity contribution in [2.24, 2.45) is 0 Å². The fraction of sp³-hybridized carbons (Fsp3) is 0.500. The van der Waals surface area contributed by atoms with Crippen molar-refractivity contribution in [2.45, 2.75) is 31.7 Å². The first-order valence-electron chi connectivity index (χ1n) is 9.41. The molecule has 2 aromatic rings. The van der Waals surface area contributed by atoms with Gasteiger partial charge in [-0.05, 0) is 30.5 Å². The summed E-state index contributed by atoms with van der Waals surface area (Å²) in [5, 5.41) is 0. The lowest BCUT2D eigenvalue weighted by Crippen LogP contribution is -2.40.